The third-order valence-corrected chi connectivity index (χ3v) is 6.88. The van der Waals surface area contributed by atoms with Gasteiger partial charge in [0.05, 0.1) is 5.75 Å². The highest BCUT2D eigenvalue weighted by Gasteiger charge is 2.19. The number of thioether (sulfide) groups is 1. The normalized spacial score (nSPS) is 17.8. The molecule has 1 aliphatic heterocycles. The van der Waals surface area contributed by atoms with Crippen LogP contribution in [-0.2, 0) is 4.79 Å². The lowest BCUT2D eigenvalue weighted by atomic mass is 9.95. The van der Waals surface area contributed by atoms with Crippen LogP contribution in [0.3, 0.4) is 0 Å². The molecule has 1 saturated heterocycles. The monoisotopic (exact) mass is 445 g/mol. The van der Waals surface area contributed by atoms with Gasteiger partial charge in [-0.25, -0.2) is 0 Å². The molecule has 1 aromatic carbocycles. The summed E-state index contributed by atoms with van der Waals surface area (Å²) in [5.41, 5.74) is 1.16. The smallest absolute Gasteiger partial charge is 0.230 e. The molecular weight excluding hydrogens is 418 g/mol. The number of aromatic nitrogens is 2. The Morgan fingerprint density at radius 1 is 1.03 bits per heavy atom. The maximum Gasteiger partial charge on any atom is 0.230 e. The maximum atomic E-state index is 12.2. The van der Waals surface area contributed by atoms with E-state index >= 15 is 0 Å². The Labute approximate surface area is 187 Å². The first-order valence-corrected chi connectivity index (χ1v) is 12.0. The van der Waals surface area contributed by atoms with E-state index < -0.39 is 0 Å². The number of nitrogens with zero attached hydrogens (tertiary/aromatic N) is 4. The van der Waals surface area contributed by atoms with Gasteiger partial charge in [-0.15, -0.1) is 10.2 Å². The van der Waals surface area contributed by atoms with E-state index in [2.05, 4.69) is 31.4 Å². The van der Waals surface area contributed by atoms with Gasteiger partial charge in [0.1, 0.15) is 5.03 Å². The van der Waals surface area contributed by atoms with Gasteiger partial charge in [-0.1, -0.05) is 48.7 Å². The highest BCUT2D eigenvalue weighted by Crippen LogP contribution is 2.23. The van der Waals surface area contributed by atoms with Crippen molar-refractivity contribution in [2.45, 2.75) is 43.2 Å². The first-order valence-electron chi connectivity index (χ1n) is 10.7. The van der Waals surface area contributed by atoms with Crippen LogP contribution in [0.2, 0.25) is 5.02 Å². The van der Waals surface area contributed by atoms with Crippen molar-refractivity contribution in [1.29, 1.82) is 0 Å². The lowest BCUT2D eigenvalue weighted by Gasteiger charge is -2.36. The summed E-state index contributed by atoms with van der Waals surface area (Å²) in [6.07, 6.45) is 5.94. The molecule has 0 radical (unpaired) electrons. The Balaban J connectivity index is 1.23. The van der Waals surface area contributed by atoms with Crippen molar-refractivity contribution in [3.05, 3.63) is 41.4 Å². The van der Waals surface area contributed by atoms with Gasteiger partial charge in [0, 0.05) is 42.9 Å². The zero-order valence-electron chi connectivity index (χ0n) is 17.1. The van der Waals surface area contributed by atoms with Gasteiger partial charge in [-0.3, -0.25) is 4.79 Å². The van der Waals surface area contributed by atoms with Crippen molar-refractivity contribution in [3.8, 4) is 0 Å². The summed E-state index contributed by atoms with van der Waals surface area (Å²) >= 11 is 7.56. The molecule has 2 heterocycles. The summed E-state index contributed by atoms with van der Waals surface area (Å²) in [6, 6.07) is 12.3. The fraction of sp³-hybridized carbons (Fsp3) is 0.500. The van der Waals surface area contributed by atoms with Crippen molar-refractivity contribution >= 4 is 40.8 Å². The summed E-state index contributed by atoms with van der Waals surface area (Å²) < 4.78 is 0. The second-order valence-corrected chi connectivity index (χ2v) is 9.31. The predicted molar refractivity (Wildman–Crippen MR) is 124 cm³/mol. The molecule has 1 aliphatic carbocycles. The summed E-state index contributed by atoms with van der Waals surface area (Å²) in [6.45, 7) is 3.61. The van der Waals surface area contributed by atoms with Crippen molar-refractivity contribution in [2.24, 2.45) is 0 Å². The van der Waals surface area contributed by atoms with E-state index in [1.54, 1.807) is 0 Å². The molecule has 0 unspecified atom stereocenters. The number of hydrogen-bond donors (Lipinski definition) is 1. The molecule has 1 N–H and O–H groups in total. The van der Waals surface area contributed by atoms with Crippen LogP contribution in [0.5, 0.6) is 0 Å². The van der Waals surface area contributed by atoms with Crippen LogP contribution < -0.4 is 15.1 Å². The zero-order chi connectivity index (χ0) is 20.8. The molecule has 2 fully saturated rings. The fourth-order valence-corrected chi connectivity index (χ4v) is 4.89. The zero-order valence-corrected chi connectivity index (χ0v) is 18.7. The fourth-order valence-electron chi connectivity index (χ4n) is 4.08. The van der Waals surface area contributed by atoms with Gasteiger partial charge in [0.25, 0.3) is 0 Å². The molecule has 160 valence electrons. The molecule has 1 aromatic heterocycles. The molecule has 8 heteroatoms. The van der Waals surface area contributed by atoms with Crippen LogP contribution in [-0.4, -0.2) is 54.1 Å². The average molecular weight is 446 g/mol. The van der Waals surface area contributed by atoms with Crippen LogP contribution in [0.25, 0.3) is 0 Å². The number of carbonyl (C=O) groups is 1. The van der Waals surface area contributed by atoms with Crippen molar-refractivity contribution < 1.29 is 4.79 Å². The molecule has 4 rings (SSSR count). The van der Waals surface area contributed by atoms with E-state index in [1.165, 1.54) is 31.0 Å². The van der Waals surface area contributed by atoms with Gasteiger partial charge in [-0.05, 0) is 43.2 Å². The van der Waals surface area contributed by atoms with E-state index in [1.807, 2.05) is 30.3 Å². The Morgan fingerprint density at radius 3 is 2.50 bits per heavy atom. The third kappa shape index (κ3) is 5.79. The standard InChI is InChI=1S/C22H28ClN5OS/c23-17-5-4-8-19(15-17)27-11-13-28(14-12-27)20-9-10-22(26-25-20)30-16-21(29)24-18-6-2-1-3-7-18/h4-5,8-10,15,18H,1-3,6-7,11-14,16H2,(H,24,29). The van der Waals surface area contributed by atoms with Crippen molar-refractivity contribution in [3.63, 3.8) is 0 Å². The number of rotatable bonds is 6. The number of carbonyl (C=O) groups excluding carboxylic acids is 1. The number of anilines is 2. The second-order valence-electron chi connectivity index (χ2n) is 7.87. The van der Waals surface area contributed by atoms with E-state index in [4.69, 9.17) is 11.6 Å². The number of amides is 1. The van der Waals surface area contributed by atoms with Crippen LogP contribution in [0.15, 0.2) is 41.4 Å². The molecule has 1 amide bonds. The summed E-state index contributed by atoms with van der Waals surface area (Å²) in [7, 11) is 0. The van der Waals surface area contributed by atoms with Crippen LogP contribution in [0, 0.1) is 0 Å². The van der Waals surface area contributed by atoms with E-state index in [-0.39, 0.29) is 5.91 Å². The minimum absolute atomic E-state index is 0.0925. The molecule has 6 nitrogen and oxygen atoms in total. The topological polar surface area (TPSA) is 61.4 Å². The molecule has 0 atom stereocenters. The summed E-state index contributed by atoms with van der Waals surface area (Å²) in [4.78, 5) is 16.8. The van der Waals surface area contributed by atoms with Gasteiger partial charge < -0.3 is 15.1 Å². The second kappa shape index (κ2) is 10.4. The first kappa shape index (κ1) is 21.2. The largest absolute Gasteiger partial charge is 0.368 e. The average Bonchev–Trinajstić information content (AvgIpc) is 2.79. The van der Waals surface area contributed by atoms with Gasteiger partial charge >= 0.3 is 0 Å². The Bertz CT molecular complexity index is 836. The quantitative estimate of drug-likeness (QED) is 0.678. The van der Waals surface area contributed by atoms with E-state index in [0.29, 0.717) is 11.8 Å². The number of nitrogens with one attached hydrogen (secondary N) is 1. The highest BCUT2D eigenvalue weighted by molar-refractivity contribution is 7.99. The molecule has 0 bridgehead atoms. The van der Waals surface area contributed by atoms with Crippen LogP contribution >= 0.6 is 23.4 Å². The summed E-state index contributed by atoms with van der Waals surface area (Å²) in [5.74, 6) is 1.37. The van der Waals surface area contributed by atoms with Crippen LogP contribution in [0.4, 0.5) is 11.5 Å². The number of halogens is 1. The SMILES string of the molecule is O=C(CSc1ccc(N2CCN(c3cccc(Cl)c3)CC2)nn1)NC1CCCCC1. The van der Waals surface area contributed by atoms with Gasteiger partial charge in [0.2, 0.25) is 5.91 Å². The predicted octanol–water partition coefficient (Wildman–Crippen LogP) is 4.00. The molecule has 2 aromatic rings. The molecule has 2 aliphatic rings. The minimum Gasteiger partial charge on any atom is -0.368 e. The molecule has 0 spiro atoms. The molecular formula is C22H28ClN5OS. The lowest BCUT2D eigenvalue weighted by molar-refractivity contribution is -0.119. The van der Waals surface area contributed by atoms with E-state index in [0.717, 1.165) is 60.6 Å². The van der Waals surface area contributed by atoms with Crippen molar-refractivity contribution in [1.82, 2.24) is 15.5 Å². The maximum absolute atomic E-state index is 12.2. The first-order chi connectivity index (χ1) is 14.7. The van der Waals surface area contributed by atoms with Crippen molar-refractivity contribution in [2.75, 3.05) is 41.7 Å². The third-order valence-electron chi connectivity index (χ3n) is 5.72. The molecule has 1 saturated carbocycles. The Morgan fingerprint density at radius 2 is 1.80 bits per heavy atom. The lowest BCUT2D eigenvalue weighted by Crippen LogP contribution is -2.46. The number of piperazine rings is 1. The van der Waals surface area contributed by atoms with Gasteiger partial charge in [0.15, 0.2) is 5.82 Å². The number of benzene rings is 1. The Kier molecular flexibility index (Phi) is 7.33. The number of hydrogen-bond acceptors (Lipinski definition) is 6. The van der Waals surface area contributed by atoms with Crippen LogP contribution in [0.1, 0.15) is 32.1 Å². The molecule has 30 heavy (non-hydrogen) atoms. The van der Waals surface area contributed by atoms with E-state index in [9.17, 15) is 4.79 Å². The highest BCUT2D eigenvalue weighted by atomic mass is 35.5. The van der Waals surface area contributed by atoms with Gasteiger partial charge in [-0.2, -0.15) is 0 Å². The minimum atomic E-state index is 0.0925. The Hall–Kier alpha value is -1.99. The summed E-state index contributed by atoms with van der Waals surface area (Å²) in [5, 5.41) is 13.4.